The topological polar surface area (TPSA) is 72.2 Å². The number of nitrogens with two attached hydrogens (primary N) is 1. The first-order chi connectivity index (χ1) is 8.90. The van der Waals surface area contributed by atoms with Crippen LogP contribution in [0.1, 0.15) is 11.1 Å². The van der Waals surface area contributed by atoms with Gasteiger partial charge in [0.15, 0.2) is 0 Å². The van der Waals surface area contributed by atoms with Gasteiger partial charge in [-0.25, -0.2) is 8.42 Å². The number of hydrogen-bond donors (Lipinski definition) is 2. The molecule has 7 heteroatoms. The van der Waals surface area contributed by atoms with Crippen molar-refractivity contribution < 1.29 is 8.42 Å². The van der Waals surface area contributed by atoms with Gasteiger partial charge in [-0.05, 0) is 47.7 Å². The van der Waals surface area contributed by atoms with Crippen LogP contribution in [0.15, 0.2) is 38.3 Å². The summed E-state index contributed by atoms with van der Waals surface area (Å²) in [5.41, 5.74) is 7.81. The first-order valence-electron chi connectivity index (χ1n) is 5.48. The van der Waals surface area contributed by atoms with E-state index in [4.69, 9.17) is 5.73 Å². The lowest BCUT2D eigenvalue weighted by Crippen LogP contribution is -2.11. The Balaban J connectivity index is 2.30. The van der Waals surface area contributed by atoms with Gasteiger partial charge in [0.2, 0.25) is 0 Å². The fourth-order valence-electron chi connectivity index (χ4n) is 1.60. The second-order valence-corrected chi connectivity index (χ2v) is 7.84. The van der Waals surface area contributed by atoms with Crippen LogP contribution in [0.2, 0.25) is 0 Å². The summed E-state index contributed by atoms with van der Waals surface area (Å²) in [6.45, 7) is 2.24. The summed E-state index contributed by atoms with van der Waals surface area (Å²) in [7, 11) is -3.54. The van der Waals surface area contributed by atoms with Crippen LogP contribution in [0, 0.1) is 6.92 Å². The fourth-order valence-corrected chi connectivity index (χ4v) is 4.47. The number of nitrogens with one attached hydrogen (secondary N) is 1. The van der Waals surface area contributed by atoms with E-state index in [1.165, 1.54) is 11.3 Å². The molecule has 1 aromatic carbocycles. The van der Waals surface area contributed by atoms with Crippen molar-refractivity contribution in [2.24, 2.45) is 5.73 Å². The molecular weight excluding hydrogens is 348 g/mol. The second kappa shape index (κ2) is 5.62. The fraction of sp³-hybridized carbons (Fsp3) is 0.167. The summed E-state index contributed by atoms with van der Waals surface area (Å²) in [6.07, 6.45) is 0. The van der Waals surface area contributed by atoms with E-state index in [1.807, 2.05) is 13.0 Å². The maximum Gasteiger partial charge on any atom is 0.271 e. The number of rotatable bonds is 4. The molecule has 1 heterocycles. The number of aryl methyl sites for hydroxylation is 1. The van der Waals surface area contributed by atoms with Crippen molar-refractivity contribution in [2.75, 3.05) is 4.72 Å². The van der Waals surface area contributed by atoms with Crippen molar-refractivity contribution in [1.29, 1.82) is 0 Å². The highest BCUT2D eigenvalue weighted by atomic mass is 79.9. The van der Waals surface area contributed by atoms with Gasteiger partial charge in [-0.2, -0.15) is 0 Å². The average molecular weight is 361 g/mol. The number of halogens is 1. The normalized spacial score (nSPS) is 11.5. The van der Waals surface area contributed by atoms with Gasteiger partial charge < -0.3 is 5.73 Å². The number of thiophene rings is 1. The van der Waals surface area contributed by atoms with E-state index >= 15 is 0 Å². The van der Waals surface area contributed by atoms with Gasteiger partial charge in [-0.15, -0.1) is 11.3 Å². The monoisotopic (exact) mass is 360 g/mol. The molecule has 4 nitrogen and oxygen atoms in total. The molecule has 0 spiro atoms. The molecule has 0 radical (unpaired) electrons. The molecule has 0 aliphatic carbocycles. The summed E-state index contributed by atoms with van der Waals surface area (Å²) in [6, 6.07) is 7.01. The highest BCUT2D eigenvalue weighted by Gasteiger charge is 2.17. The third kappa shape index (κ3) is 3.56. The first-order valence-corrected chi connectivity index (χ1v) is 8.64. The molecule has 0 bridgehead atoms. The van der Waals surface area contributed by atoms with Gasteiger partial charge in [0, 0.05) is 11.0 Å². The van der Waals surface area contributed by atoms with E-state index in [0.717, 1.165) is 15.6 Å². The van der Waals surface area contributed by atoms with Crippen molar-refractivity contribution in [2.45, 2.75) is 17.7 Å². The Bertz CT molecular complexity index is 675. The molecular formula is C12H13BrN2O2S2. The Hall–Kier alpha value is -0.890. The van der Waals surface area contributed by atoms with Crippen molar-refractivity contribution in [3.8, 4) is 0 Å². The number of hydrogen-bond acceptors (Lipinski definition) is 4. The SMILES string of the molecule is Cc1cc(Br)cc(NS(=O)(=O)c2cc(CN)cs2)c1. The van der Waals surface area contributed by atoms with Gasteiger partial charge >= 0.3 is 0 Å². The van der Waals surface area contributed by atoms with Crippen LogP contribution in [0.25, 0.3) is 0 Å². The number of anilines is 1. The highest BCUT2D eigenvalue weighted by Crippen LogP contribution is 2.25. The minimum Gasteiger partial charge on any atom is -0.326 e. The zero-order valence-corrected chi connectivity index (χ0v) is 13.4. The van der Waals surface area contributed by atoms with Crippen LogP contribution in [-0.4, -0.2) is 8.42 Å². The van der Waals surface area contributed by atoms with E-state index in [1.54, 1.807) is 23.6 Å². The van der Waals surface area contributed by atoms with Crippen LogP contribution in [0.4, 0.5) is 5.69 Å². The maximum atomic E-state index is 12.2. The Morgan fingerprint density at radius 2 is 2.05 bits per heavy atom. The molecule has 0 saturated heterocycles. The summed E-state index contributed by atoms with van der Waals surface area (Å²) in [5, 5.41) is 1.75. The largest absolute Gasteiger partial charge is 0.326 e. The highest BCUT2D eigenvalue weighted by molar-refractivity contribution is 9.10. The molecule has 0 fully saturated rings. The van der Waals surface area contributed by atoms with Crippen LogP contribution in [-0.2, 0) is 16.6 Å². The molecule has 0 aliphatic rings. The van der Waals surface area contributed by atoms with Gasteiger partial charge in [0.1, 0.15) is 4.21 Å². The lowest BCUT2D eigenvalue weighted by molar-refractivity contribution is 0.603. The van der Waals surface area contributed by atoms with E-state index in [9.17, 15) is 8.42 Å². The van der Waals surface area contributed by atoms with Gasteiger partial charge in [0.05, 0.1) is 5.69 Å². The smallest absolute Gasteiger partial charge is 0.271 e. The average Bonchev–Trinajstić information content (AvgIpc) is 2.75. The Labute approximate surface area is 124 Å². The molecule has 2 rings (SSSR count). The zero-order chi connectivity index (χ0) is 14.0. The molecule has 2 aromatic rings. The first kappa shape index (κ1) is 14.5. The number of sulfonamides is 1. The van der Waals surface area contributed by atoms with Crippen LogP contribution >= 0.6 is 27.3 Å². The quantitative estimate of drug-likeness (QED) is 0.879. The van der Waals surface area contributed by atoms with E-state index in [-0.39, 0.29) is 4.21 Å². The van der Waals surface area contributed by atoms with Crippen molar-refractivity contribution >= 4 is 43.0 Å². The second-order valence-electron chi connectivity index (χ2n) is 4.10. The van der Waals surface area contributed by atoms with E-state index in [0.29, 0.717) is 12.2 Å². The molecule has 3 N–H and O–H groups in total. The molecule has 0 amide bonds. The van der Waals surface area contributed by atoms with E-state index < -0.39 is 10.0 Å². The minimum atomic E-state index is -3.54. The predicted octanol–water partition coefficient (Wildman–Crippen LogP) is 3.08. The Kier molecular flexibility index (Phi) is 4.29. The molecule has 0 unspecified atom stereocenters. The molecule has 1 aromatic heterocycles. The standard InChI is InChI=1S/C12H13BrN2O2S2/c1-8-2-10(13)5-11(3-8)15-19(16,17)12-4-9(6-14)7-18-12/h2-5,7,15H,6,14H2,1H3. The lowest BCUT2D eigenvalue weighted by atomic mass is 10.2. The summed E-state index contributed by atoms with van der Waals surface area (Å²) >= 11 is 4.51. The Morgan fingerprint density at radius 1 is 1.32 bits per heavy atom. The number of benzene rings is 1. The molecule has 0 atom stereocenters. The molecule has 19 heavy (non-hydrogen) atoms. The Morgan fingerprint density at radius 3 is 2.63 bits per heavy atom. The lowest BCUT2D eigenvalue weighted by Gasteiger charge is -2.07. The third-order valence-electron chi connectivity index (χ3n) is 2.42. The predicted molar refractivity (Wildman–Crippen MR) is 81.9 cm³/mol. The van der Waals surface area contributed by atoms with Crippen molar-refractivity contribution in [3.05, 3.63) is 45.2 Å². The van der Waals surface area contributed by atoms with Crippen LogP contribution in [0.3, 0.4) is 0 Å². The van der Waals surface area contributed by atoms with E-state index in [2.05, 4.69) is 20.7 Å². The van der Waals surface area contributed by atoms with Gasteiger partial charge in [0.25, 0.3) is 10.0 Å². The molecule has 0 saturated carbocycles. The summed E-state index contributed by atoms with van der Waals surface area (Å²) < 4.78 is 28.1. The minimum absolute atomic E-state index is 0.269. The third-order valence-corrected chi connectivity index (χ3v) is 5.75. The van der Waals surface area contributed by atoms with Crippen LogP contribution < -0.4 is 10.5 Å². The van der Waals surface area contributed by atoms with Crippen molar-refractivity contribution in [1.82, 2.24) is 0 Å². The summed E-state index contributed by atoms with van der Waals surface area (Å²) in [5.74, 6) is 0. The molecule has 0 aliphatic heterocycles. The van der Waals surface area contributed by atoms with Crippen LogP contribution in [0.5, 0.6) is 0 Å². The van der Waals surface area contributed by atoms with Gasteiger partial charge in [-0.1, -0.05) is 15.9 Å². The molecule has 102 valence electrons. The van der Waals surface area contributed by atoms with Gasteiger partial charge in [-0.3, -0.25) is 4.72 Å². The van der Waals surface area contributed by atoms with Crippen molar-refractivity contribution in [3.63, 3.8) is 0 Å². The maximum absolute atomic E-state index is 12.2. The zero-order valence-electron chi connectivity index (χ0n) is 10.2. The summed E-state index contributed by atoms with van der Waals surface area (Å²) in [4.78, 5) is 0.